The molecule has 0 atom stereocenters. The molecule has 0 aliphatic carbocycles. The van der Waals surface area contributed by atoms with Crippen molar-refractivity contribution in [3.05, 3.63) is 159 Å². The zero-order chi connectivity index (χ0) is 55.9. The smallest absolute Gasteiger partial charge is 0.338 e. The van der Waals surface area contributed by atoms with E-state index < -0.39 is 35.8 Å². The fourth-order valence-corrected chi connectivity index (χ4v) is 9.36. The van der Waals surface area contributed by atoms with E-state index in [1.54, 1.807) is 133 Å². The van der Waals surface area contributed by atoms with Crippen LogP contribution >= 0.6 is 0 Å². The van der Waals surface area contributed by atoms with Gasteiger partial charge < -0.3 is 43.5 Å². The average molecular weight is 1060 g/mol. The summed E-state index contributed by atoms with van der Waals surface area (Å²) in [5.74, 6) is -4.05. The maximum Gasteiger partial charge on any atom is 0.338 e. The van der Waals surface area contributed by atoms with Gasteiger partial charge in [-0.2, -0.15) is 0 Å². The number of phenols is 1. The van der Waals surface area contributed by atoms with Crippen LogP contribution in [0, 0.1) is 0 Å². The van der Waals surface area contributed by atoms with Crippen molar-refractivity contribution < 1.29 is 62.3 Å². The van der Waals surface area contributed by atoms with Gasteiger partial charge >= 0.3 is 35.8 Å². The molecule has 4 aromatic carbocycles. The molecule has 2 aliphatic rings. The van der Waals surface area contributed by atoms with Crippen LogP contribution < -0.4 is 0 Å². The molecule has 5 heterocycles. The summed E-state index contributed by atoms with van der Waals surface area (Å²) in [7, 11) is 0. The van der Waals surface area contributed by atoms with Crippen molar-refractivity contribution in [1.29, 1.82) is 0 Å². The predicted octanol–water partition coefficient (Wildman–Crippen LogP) is 12.1. The molecule has 3 aromatic heterocycles. The molecule has 0 saturated heterocycles. The van der Waals surface area contributed by atoms with E-state index in [2.05, 4.69) is 9.97 Å². The maximum atomic E-state index is 13.6. The summed E-state index contributed by atoms with van der Waals surface area (Å²) in [5, 5.41) is 10.5. The lowest BCUT2D eigenvalue weighted by molar-refractivity contribution is 0.0506. The zero-order valence-electron chi connectivity index (χ0n) is 44.1. The molecule has 0 saturated carbocycles. The number of nitrogens with one attached hydrogen (secondary N) is 2. The van der Waals surface area contributed by atoms with E-state index >= 15 is 0 Å². The molecule has 0 unspecified atom stereocenters. The summed E-state index contributed by atoms with van der Waals surface area (Å²) in [4.78, 5) is 99.4. The normalized spacial score (nSPS) is 11.5. The Bertz CT molecular complexity index is 3660. The molecule has 3 N–H and O–H groups in total. The number of hydrogen-bond donors (Lipinski definition) is 3. The molecule has 8 bridgehead atoms. The van der Waals surface area contributed by atoms with Gasteiger partial charge in [-0.05, 0) is 179 Å². The molecule has 79 heavy (non-hydrogen) atoms. The quantitative estimate of drug-likeness (QED) is 0.0603. The lowest BCUT2D eigenvalue weighted by Crippen LogP contribution is -2.10. The lowest BCUT2D eigenvalue weighted by atomic mass is 9.98. The third kappa shape index (κ3) is 11.3. The number of carbonyl (C=O) groups excluding carboxylic acids is 6. The van der Waals surface area contributed by atoms with Gasteiger partial charge in [0.1, 0.15) is 5.75 Å². The van der Waals surface area contributed by atoms with Crippen LogP contribution in [0.4, 0.5) is 0 Å². The van der Waals surface area contributed by atoms with Crippen molar-refractivity contribution in [2.45, 2.75) is 41.5 Å². The molecule has 17 nitrogen and oxygen atoms in total. The highest BCUT2D eigenvalue weighted by atomic mass is 16.5. The van der Waals surface area contributed by atoms with Crippen LogP contribution in [0.25, 0.3) is 90.9 Å². The molecule has 9 rings (SSSR count). The van der Waals surface area contributed by atoms with E-state index in [0.717, 1.165) is 0 Å². The monoisotopic (exact) mass is 1060 g/mol. The Kier molecular flexibility index (Phi) is 16.1. The first-order valence-electron chi connectivity index (χ1n) is 25.7. The molecule has 0 spiro atoms. The summed E-state index contributed by atoms with van der Waals surface area (Å²) in [6, 6.07) is 27.7. The van der Waals surface area contributed by atoms with Gasteiger partial charge in [0.2, 0.25) is 0 Å². The van der Waals surface area contributed by atoms with Gasteiger partial charge in [-0.25, -0.2) is 38.7 Å². The molecule has 0 radical (unpaired) electrons. The minimum Gasteiger partial charge on any atom is -0.508 e. The Balaban J connectivity index is 1.49. The molecule has 17 heteroatoms. The Morgan fingerprint density at radius 1 is 0.342 bits per heavy atom. The van der Waals surface area contributed by atoms with Gasteiger partial charge in [-0.3, -0.25) is 0 Å². The molecule has 0 amide bonds. The number of esters is 6. The van der Waals surface area contributed by atoms with Gasteiger partial charge in [0.25, 0.3) is 0 Å². The molecular weight excluding hydrogens is 1010 g/mol. The maximum absolute atomic E-state index is 13.6. The molecule has 0 fully saturated rings. The fraction of sp³-hybridized carbons (Fsp3) is 0.194. The number of phenolic OH excluding ortho intramolecular Hbond substituents is 1. The van der Waals surface area contributed by atoms with Crippen LogP contribution in [0.5, 0.6) is 5.75 Å². The summed E-state index contributed by atoms with van der Waals surface area (Å²) in [6.45, 7) is 10.4. The number of aromatic amines is 2. The summed E-state index contributed by atoms with van der Waals surface area (Å²) in [6.07, 6.45) is 7.14. The van der Waals surface area contributed by atoms with E-state index in [9.17, 15) is 33.9 Å². The van der Waals surface area contributed by atoms with Crippen LogP contribution in [0.1, 0.15) is 126 Å². The van der Waals surface area contributed by atoms with Gasteiger partial charge in [-0.15, -0.1) is 0 Å². The molecule has 2 aliphatic heterocycles. The predicted molar refractivity (Wildman–Crippen MR) is 298 cm³/mol. The van der Waals surface area contributed by atoms with E-state index in [0.29, 0.717) is 89.4 Å². The number of carbonyl (C=O) groups is 6. The lowest BCUT2D eigenvalue weighted by Gasteiger charge is -2.12. The minimum absolute atomic E-state index is 0.0337. The van der Waals surface area contributed by atoms with Crippen LogP contribution in [0.2, 0.25) is 0 Å². The molecular formula is C62H54N4O13. The van der Waals surface area contributed by atoms with Gasteiger partial charge in [0.05, 0.1) is 95.8 Å². The van der Waals surface area contributed by atoms with Crippen LogP contribution in [0.15, 0.2) is 103 Å². The van der Waals surface area contributed by atoms with E-state index in [4.69, 9.17) is 38.4 Å². The van der Waals surface area contributed by atoms with Gasteiger partial charge in [0, 0.05) is 44.3 Å². The Hall–Kier alpha value is -9.90. The highest BCUT2D eigenvalue weighted by molar-refractivity contribution is 6.05. The third-order valence-corrected chi connectivity index (χ3v) is 12.6. The first-order valence-corrected chi connectivity index (χ1v) is 25.7. The summed E-state index contributed by atoms with van der Waals surface area (Å²) < 4.78 is 32.7. The number of H-pyrrole nitrogens is 2. The molecule has 400 valence electrons. The highest BCUT2D eigenvalue weighted by Crippen LogP contribution is 2.40. The summed E-state index contributed by atoms with van der Waals surface area (Å²) >= 11 is 0. The van der Waals surface area contributed by atoms with Gasteiger partial charge in [0.15, 0.2) is 0 Å². The number of hydrogen-bond acceptors (Lipinski definition) is 15. The number of aromatic hydroxyl groups is 1. The zero-order valence-corrected chi connectivity index (χ0v) is 44.1. The fourth-order valence-electron chi connectivity index (χ4n) is 9.36. The standard InChI is InChI=1S/C62H54N4O13/c1-7-74-57(68)38-25-35(26-39(31-38)58(69)75-8-2)54-47-19-17-45(63-47)53(34-13-15-44(67)16-14-34)46-18-20-48(64-46)55(36-27-40(59(70)76-9-3)32-41(28-36)60(71)77-10-4)50-22-24-52(66-50)56(51-23-21-49(54)65-51)37-29-42(61(72)78-11-5)33-43(30-37)62(73)79-12-6/h13-33,63,66-67H,7-12H2,1-6H3. The number of nitrogens with zero attached hydrogens (tertiary/aromatic N) is 2. The second kappa shape index (κ2) is 23.6. The summed E-state index contributed by atoms with van der Waals surface area (Å²) in [5.41, 5.74) is 7.54. The van der Waals surface area contributed by atoms with Crippen molar-refractivity contribution in [3.8, 4) is 50.3 Å². The number of rotatable bonds is 16. The van der Waals surface area contributed by atoms with Crippen molar-refractivity contribution >= 4 is 82.2 Å². The first-order chi connectivity index (χ1) is 38.2. The topological polar surface area (TPSA) is 235 Å². The SMILES string of the molecule is CCOC(=O)c1cc(C(=O)OCC)cc(-c2c3nc(c(-c4cc(C(=O)OCC)cc(C(=O)OCC)c4)c4ccc([nH]4)c(-c4cc(C(=O)OCC)cc(C(=O)OCC)c4)c4nc(c(-c5ccc(O)cc5)c5ccc2[nH]5)C=C4)C=C3)c1. The van der Waals surface area contributed by atoms with Crippen molar-refractivity contribution in [2.24, 2.45) is 0 Å². The number of aromatic nitrogens is 4. The first kappa shape index (κ1) is 53.9. The van der Waals surface area contributed by atoms with Crippen molar-refractivity contribution in [1.82, 2.24) is 19.9 Å². The van der Waals surface area contributed by atoms with Crippen molar-refractivity contribution in [2.75, 3.05) is 39.6 Å². The second-order valence-corrected chi connectivity index (χ2v) is 17.8. The number of benzene rings is 4. The van der Waals surface area contributed by atoms with E-state index in [-0.39, 0.29) is 78.8 Å². The largest absolute Gasteiger partial charge is 0.508 e. The second-order valence-electron chi connectivity index (χ2n) is 17.8. The van der Waals surface area contributed by atoms with E-state index in [1.165, 1.54) is 18.2 Å². The van der Waals surface area contributed by atoms with Gasteiger partial charge in [-0.1, -0.05) is 12.1 Å². The molecule has 7 aromatic rings. The number of ether oxygens (including phenoxy) is 6. The number of fused-ring (bicyclic) bond motifs is 8. The average Bonchev–Trinajstić information content (AvgIpc) is 4.44. The third-order valence-electron chi connectivity index (χ3n) is 12.6. The highest BCUT2D eigenvalue weighted by Gasteiger charge is 2.25. The minimum atomic E-state index is -0.694. The Morgan fingerprint density at radius 2 is 0.570 bits per heavy atom. The van der Waals surface area contributed by atoms with Crippen LogP contribution in [-0.4, -0.2) is 100 Å². The van der Waals surface area contributed by atoms with Crippen molar-refractivity contribution in [3.63, 3.8) is 0 Å². The van der Waals surface area contributed by atoms with Crippen LogP contribution in [0.3, 0.4) is 0 Å². The Morgan fingerprint density at radius 3 is 0.797 bits per heavy atom. The Labute approximate surface area is 453 Å². The van der Waals surface area contributed by atoms with Crippen LogP contribution in [-0.2, 0) is 28.4 Å². The van der Waals surface area contributed by atoms with E-state index in [1.807, 2.05) is 18.2 Å².